The standard InChI is InChI=1S/C24H31N5O5S/c1-15-21-22(29(27-15)16-6-4-3-5-7-16)24(31)26-23(25-21)19-9-8-18(14-20(19)34-2)35(32,33)28-12-10-17(30)11-13-28/h8-9,14,16-17,30H,3-7,10-13H2,1-2H3,(H,25,26,31). The Morgan fingerprint density at radius 1 is 1.11 bits per heavy atom. The number of piperidine rings is 1. The van der Waals surface area contributed by atoms with Crippen molar-refractivity contribution in [1.82, 2.24) is 24.1 Å². The van der Waals surface area contributed by atoms with Crippen LogP contribution < -0.4 is 10.3 Å². The Hall–Kier alpha value is -2.76. The Kier molecular flexibility index (Phi) is 6.41. The van der Waals surface area contributed by atoms with Crippen LogP contribution in [0.1, 0.15) is 56.7 Å². The minimum absolute atomic E-state index is 0.0965. The fourth-order valence-corrected chi connectivity index (χ4v) is 6.65. The van der Waals surface area contributed by atoms with Gasteiger partial charge in [-0.05, 0) is 44.7 Å². The topological polar surface area (TPSA) is 130 Å². The molecule has 3 heterocycles. The van der Waals surface area contributed by atoms with E-state index in [2.05, 4.69) is 10.1 Å². The fraction of sp³-hybridized carbons (Fsp3) is 0.542. The van der Waals surface area contributed by atoms with Crippen molar-refractivity contribution in [2.75, 3.05) is 20.2 Å². The third-order valence-electron chi connectivity index (χ3n) is 7.13. The monoisotopic (exact) mass is 501 g/mol. The number of benzene rings is 1. The molecule has 2 aliphatic rings. The molecule has 0 unspecified atom stereocenters. The van der Waals surface area contributed by atoms with Gasteiger partial charge >= 0.3 is 0 Å². The molecule has 0 bridgehead atoms. The average molecular weight is 502 g/mol. The Balaban J connectivity index is 1.53. The van der Waals surface area contributed by atoms with Gasteiger partial charge in [0.2, 0.25) is 10.0 Å². The first-order valence-electron chi connectivity index (χ1n) is 12.2. The molecule has 0 amide bonds. The van der Waals surface area contributed by atoms with Gasteiger partial charge in [0.25, 0.3) is 5.56 Å². The van der Waals surface area contributed by atoms with Crippen molar-refractivity contribution < 1.29 is 18.3 Å². The lowest BCUT2D eigenvalue weighted by Crippen LogP contribution is -2.39. The number of ether oxygens (including phenoxy) is 1. The van der Waals surface area contributed by atoms with Crippen molar-refractivity contribution in [3.63, 3.8) is 0 Å². The lowest BCUT2D eigenvalue weighted by molar-refractivity contribution is 0.113. The number of nitrogens with zero attached hydrogens (tertiary/aromatic N) is 4. The normalized spacial score (nSPS) is 18.8. The summed E-state index contributed by atoms with van der Waals surface area (Å²) in [6, 6.07) is 4.76. The van der Waals surface area contributed by atoms with Crippen LogP contribution in [0.15, 0.2) is 27.9 Å². The molecule has 0 atom stereocenters. The van der Waals surface area contributed by atoms with Gasteiger partial charge in [0.15, 0.2) is 5.52 Å². The van der Waals surface area contributed by atoms with Crippen LogP contribution in [-0.2, 0) is 10.0 Å². The molecule has 188 valence electrons. The summed E-state index contributed by atoms with van der Waals surface area (Å²) in [4.78, 5) is 20.9. The molecule has 1 aliphatic heterocycles. The highest BCUT2D eigenvalue weighted by atomic mass is 32.2. The molecule has 35 heavy (non-hydrogen) atoms. The van der Waals surface area contributed by atoms with Crippen LogP contribution in [-0.4, -0.2) is 63.9 Å². The number of sulfonamides is 1. The molecule has 3 aromatic rings. The first kappa shape index (κ1) is 24.0. The van der Waals surface area contributed by atoms with Gasteiger partial charge in [-0.3, -0.25) is 9.48 Å². The lowest BCUT2D eigenvalue weighted by atomic mass is 9.95. The van der Waals surface area contributed by atoms with Crippen LogP contribution in [0, 0.1) is 6.92 Å². The van der Waals surface area contributed by atoms with Gasteiger partial charge < -0.3 is 14.8 Å². The van der Waals surface area contributed by atoms with E-state index in [1.54, 1.807) is 6.07 Å². The summed E-state index contributed by atoms with van der Waals surface area (Å²) in [6.07, 6.45) is 5.80. The molecule has 2 N–H and O–H groups in total. The molecule has 2 fully saturated rings. The van der Waals surface area contributed by atoms with Gasteiger partial charge in [0.05, 0.1) is 35.4 Å². The van der Waals surface area contributed by atoms with E-state index < -0.39 is 16.1 Å². The van der Waals surface area contributed by atoms with E-state index in [9.17, 15) is 18.3 Å². The summed E-state index contributed by atoms with van der Waals surface area (Å²) < 4.78 is 35.0. The van der Waals surface area contributed by atoms with Gasteiger partial charge in [-0.2, -0.15) is 9.40 Å². The third-order valence-corrected chi connectivity index (χ3v) is 9.03. The summed E-state index contributed by atoms with van der Waals surface area (Å²) in [5, 5.41) is 14.4. The summed E-state index contributed by atoms with van der Waals surface area (Å²) >= 11 is 0. The van der Waals surface area contributed by atoms with Crippen LogP contribution in [0.3, 0.4) is 0 Å². The Morgan fingerprint density at radius 2 is 1.83 bits per heavy atom. The van der Waals surface area contributed by atoms with Crippen molar-refractivity contribution in [1.29, 1.82) is 0 Å². The Labute approximate surface area is 204 Å². The number of hydrogen-bond acceptors (Lipinski definition) is 7. The van der Waals surface area contributed by atoms with E-state index in [1.165, 1.54) is 30.0 Å². The number of aryl methyl sites for hydroxylation is 1. The number of aromatic nitrogens is 4. The zero-order valence-corrected chi connectivity index (χ0v) is 20.8. The highest BCUT2D eigenvalue weighted by Gasteiger charge is 2.30. The molecule has 1 aromatic carbocycles. The van der Waals surface area contributed by atoms with Gasteiger partial charge in [-0.25, -0.2) is 13.4 Å². The predicted octanol–water partition coefficient (Wildman–Crippen LogP) is 2.75. The first-order chi connectivity index (χ1) is 16.8. The van der Waals surface area contributed by atoms with E-state index in [4.69, 9.17) is 9.72 Å². The minimum Gasteiger partial charge on any atom is -0.496 e. The van der Waals surface area contributed by atoms with Crippen LogP contribution in [0.2, 0.25) is 0 Å². The summed E-state index contributed by atoms with van der Waals surface area (Å²) in [5.74, 6) is 0.596. The van der Waals surface area contributed by atoms with Gasteiger partial charge in [0.1, 0.15) is 17.1 Å². The van der Waals surface area contributed by atoms with E-state index in [1.807, 2.05) is 11.6 Å². The Bertz CT molecular complexity index is 1400. The third kappa shape index (κ3) is 4.36. The Morgan fingerprint density at radius 3 is 2.51 bits per heavy atom. The van der Waals surface area contributed by atoms with Crippen molar-refractivity contribution >= 4 is 21.1 Å². The summed E-state index contributed by atoms with van der Waals surface area (Å²) in [7, 11) is -2.29. The van der Waals surface area contributed by atoms with Crippen molar-refractivity contribution in [2.24, 2.45) is 0 Å². The van der Waals surface area contributed by atoms with Crippen LogP contribution in [0.4, 0.5) is 0 Å². The number of methoxy groups -OCH3 is 1. The number of aliphatic hydroxyl groups is 1. The number of aromatic amines is 1. The van der Waals surface area contributed by atoms with Crippen LogP contribution in [0.5, 0.6) is 5.75 Å². The maximum absolute atomic E-state index is 13.2. The first-order valence-corrected chi connectivity index (χ1v) is 13.6. The molecule has 1 saturated carbocycles. The van der Waals surface area contributed by atoms with E-state index in [0.29, 0.717) is 46.7 Å². The molecule has 11 heteroatoms. The molecular formula is C24H31N5O5S. The van der Waals surface area contributed by atoms with Crippen molar-refractivity contribution in [2.45, 2.75) is 68.9 Å². The number of nitrogens with one attached hydrogen (secondary N) is 1. The minimum atomic E-state index is -3.74. The van der Waals surface area contributed by atoms with Crippen molar-refractivity contribution in [3.8, 4) is 17.1 Å². The molecule has 1 aliphatic carbocycles. The van der Waals surface area contributed by atoms with Gasteiger partial charge in [0, 0.05) is 19.2 Å². The average Bonchev–Trinajstić information content (AvgIpc) is 3.21. The molecule has 0 radical (unpaired) electrons. The van der Waals surface area contributed by atoms with Crippen LogP contribution >= 0.6 is 0 Å². The van der Waals surface area contributed by atoms with Gasteiger partial charge in [-0.1, -0.05) is 19.3 Å². The van der Waals surface area contributed by atoms with Gasteiger partial charge in [-0.15, -0.1) is 0 Å². The SMILES string of the molecule is COc1cc(S(=O)(=O)N2CCC(O)CC2)ccc1-c1nc2c(C)nn(C3CCCCC3)c2c(=O)[nH]1. The molecular weight excluding hydrogens is 470 g/mol. The molecule has 1 saturated heterocycles. The predicted molar refractivity (Wildman–Crippen MR) is 131 cm³/mol. The number of H-pyrrole nitrogens is 1. The largest absolute Gasteiger partial charge is 0.496 e. The quantitative estimate of drug-likeness (QED) is 0.550. The molecule has 5 rings (SSSR count). The smallest absolute Gasteiger partial charge is 0.277 e. The zero-order chi connectivity index (χ0) is 24.7. The zero-order valence-electron chi connectivity index (χ0n) is 20.0. The molecule has 0 spiro atoms. The molecule has 2 aromatic heterocycles. The van der Waals surface area contributed by atoms with Crippen molar-refractivity contribution in [3.05, 3.63) is 34.2 Å². The number of fused-ring (bicyclic) bond motifs is 1. The maximum atomic E-state index is 13.2. The highest BCUT2D eigenvalue weighted by molar-refractivity contribution is 7.89. The van der Waals surface area contributed by atoms with E-state index in [0.717, 1.165) is 25.7 Å². The number of rotatable bonds is 5. The second-order valence-electron chi connectivity index (χ2n) is 9.43. The highest BCUT2D eigenvalue weighted by Crippen LogP contribution is 2.34. The second-order valence-corrected chi connectivity index (χ2v) is 11.4. The van der Waals surface area contributed by atoms with E-state index in [-0.39, 0.29) is 29.6 Å². The van der Waals surface area contributed by atoms with E-state index >= 15 is 0 Å². The number of aliphatic hydroxyl groups excluding tert-OH is 1. The summed E-state index contributed by atoms with van der Waals surface area (Å²) in [5.41, 5.74) is 1.91. The lowest BCUT2D eigenvalue weighted by Gasteiger charge is -2.28. The maximum Gasteiger partial charge on any atom is 0.277 e. The summed E-state index contributed by atoms with van der Waals surface area (Å²) in [6.45, 7) is 2.38. The number of hydrogen-bond donors (Lipinski definition) is 2. The second kappa shape index (κ2) is 9.36. The molecule has 10 nitrogen and oxygen atoms in total. The van der Waals surface area contributed by atoms with Crippen LogP contribution in [0.25, 0.3) is 22.4 Å². The fourth-order valence-electron chi connectivity index (χ4n) is 5.17.